The normalized spacial score (nSPS) is 13.3. The number of aliphatic hydroxyl groups is 1. The minimum atomic E-state index is -4.59. The smallest absolute Gasteiger partial charge is 0.382 e. The second-order valence-electron chi connectivity index (χ2n) is 3.88. The highest BCUT2D eigenvalue weighted by atomic mass is 19.4. The lowest BCUT2D eigenvalue weighted by molar-refractivity contribution is -0.198. The number of benzene rings is 1. The molecule has 0 amide bonds. The van der Waals surface area contributed by atoms with Crippen LogP contribution in [0.4, 0.5) is 24.5 Å². The van der Waals surface area contributed by atoms with Crippen LogP contribution in [0.1, 0.15) is 0 Å². The zero-order valence-corrected chi connectivity index (χ0v) is 9.62. The largest absolute Gasteiger partial charge is 0.416 e. The Morgan fingerprint density at radius 1 is 1.35 bits per heavy atom. The quantitative estimate of drug-likeness (QED) is 0.856. The second kappa shape index (κ2) is 5.27. The van der Waals surface area contributed by atoms with Crippen LogP contribution < -0.4 is 10.2 Å². The Morgan fingerprint density at radius 3 is 2.53 bits per heavy atom. The van der Waals surface area contributed by atoms with Crippen molar-refractivity contribution in [3.8, 4) is 0 Å². The van der Waals surface area contributed by atoms with Gasteiger partial charge in [-0.3, -0.25) is 0 Å². The van der Waals surface area contributed by atoms with Crippen molar-refractivity contribution in [3.05, 3.63) is 24.3 Å². The highest BCUT2D eigenvalue weighted by Gasteiger charge is 2.37. The first kappa shape index (κ1) is 13.6. The van der Waals surface area contributed by atoms with E-state index in [1.807, 2.05) is 25.1 Å². The monoisotopic (exact) mass is 248 g/mol. The first-order chi connectivity index (χ1) is 7.80. The van der Waals surface area contributed by atoms with Gasteiger partial charge in [0.1, 0.15) is 0 Å². The molecule has 0 radical (unpaired) electrons. The Hall–Kier alpha value is -1.43. The SMILES string of the molecule is CN(C)c1cccc(NCC(O)C(F)(F)F)c1. The molecule has 1 unspecified atom stereocenters. The van der Waals surface area contributed by atoms with E-state index in [9.17, 15) is 13.2 Å². The molecule has 0 aliphatic carbocycles. The summed E-state index contributed by atoms with van der Waals surface area (Å²) >= 11 is 0. The molecule has 17 heavy (non-hydrogen) atoms. The van der Waals surface area contributed by atoms with Crippen molar-refractivity contribution in [1.82, 2.24) is 0 Å². The maximum atomic E-state index is 12.1. The first-order valence-electron chi connectivity index (χ1n) is 5.07. The van der Waals surface area contributed by atoms with E-state index in [0.29, 0.717) is 5.69 Å². The predicted molar refractivity (Wildman–Crippen MR) is 61.3 cm³/mol. The van der Waals surface area contributed by atoms with Gasteiger partial charge in [0.15, 0.2) is 6.10 Å². The van der Waals surface area contributed by atoms with Crippen molar-refractivity contribution in [2.24, 2.45) is 0 Å². The number of aliphatic hydroxyl groups excluding tert-OH is 1. The van der Waals surface area contributed by atoms with Gasteiger partial charge in [-0.1, -0.05) is 6.07 Å². The van der Waals surface area contributed by atoms with Gasteiger partial charge in [0.2, 0.25) is 0 Å². The van der Waals surface area contributed by atoms with Crippen molar-refractivity contribution in [1.29, 1.82) is 0 Å². The zero-order chi connectivity index (χ0) is 13.1. The third kappa shape index (κ3) is 4.14. The average Bonchev–Trinajstić information content (AvgIpc) is 2.25. The molecular formula is C11H15F3N2O. The molecule has 2 N–H and O–H groups in total. The molecule has 1 rings (SSSR count). The predicted octanol–water partition coefficient (Wildman–Crippen LogP) is 2.09. The third-order valence-electron chi connectivity index (χ3n) is 2.24. The molecule has 1 aromatic carbocycles. The van der Waals surface area contributed by atoms with Crippen LogP contribution in [0.3, 0.4) is 0 Å². The zero-order valence-electron chi connectivity index (χ0n) is 9.62. The van der Waals surface area contributed by atoms with Gasteiger partial charge in [-0.2, -0.15) is 13.2 Å². The molecule has 0 spiro atoms. The molecule has 3 nitrogen and oxygen atoms in total. The number of halogens is 3. The molecule has 1 aromatic rings. The molecule has 0 aromatic heterocycles. The number of hydrogen-bond donors (Lipinski definition) is 2. The first-order valence-corrected chi connectivity index (χ1v) is 5.07. The van der Waals surface area contributed by atoms with Gasteiger partial charge >= 0.3 is 6.18 Å². The van der Waals surface area contributed by atoms with E-state index in [0.717, 1.165) is 5.69 Å². The number of nitrogens with one attached hydrogen (secondary N) is 1. The molecule has 6 heteroatoms. The average molecular weight is 248 g/mol. The van der Waals surface area contributed by atoms with Crippen LogP contribution in [0, 0.1) is 0 Å². The van der Waals surface area contributed by atoms with E-state index in [1.54, 1.807) is 18.2 Å². The van der Waals surface area contributed by atoms with Gasteiger partial charge in [0.25, 0.3) is 0 Å². The summed E-state index contributed by atoms with van der Waals surface area (Å²) in [6.07, 6.45) is -6.95. The number of nitrogens with zero attached hydrogens (tertiary/aromatic N) is 1. The van der Waals surface area contributed by atoms with E-state index >= 15 is 0 Å². The summed E-state index contributed by atoms with van der Waals surface area (Å²) in [5, 5.41) is 11.4. The fraction of sp³-hybridized carbons (Fsp3) is 0.455. The van der Waals surface area contributed by atoms with Gasteiger partial charge in [0, 0.05) is 32.0 Å². The van der Waals surface area contributed by atoms with Crippen LogP contribution >= 0.6 is 0 Å². The van der Waals surface area contributed by atoms with E-state index < -0.39 is 18.8 Å². The van der Waals surface area contributed by atoms with Gasteiger partial charge in [-0.15, -0.1) is 0 Å². The molecule has 0 bridgehead atoms. The number of anilines is 2. The molecule has 0 saturated heterocycles. The maximum absolute atomic E-state index is 12.1. The van der Waals surface area contributed by atoms with E-state index in [-0.39, 0.29) is 0 Å². The molecule has 0 saturated carbocycles. The van der Waals surface area contributed by atoms with Crippen molar-refractivity contribution in [2.45, 2.75) is 12.3 Å². The lowest BCUT2D eigenvalue weighted by Gasteiger charge is -2.17. The van der Waals surface area contributed by atoms with E-state index in [4.69, 9.17) is 5.11 Å². The highest BCUT2D eigenvalue weighted by Crippen LogP contribution is 2.21. The summed E-state index contributed by atoms with van der Waals surface area (Å²) in [7, 11) is 3.67. The summed E-state index contributed by atoms with van der Waals surface area (Å²) in [5.41, 5.74) is 1.41. The molecule has 96 valence electrons. The minimum Gasteiger partial charge on any atom is -0.382 e. The molecule has 0 fully saturated rings. The third-order valence-corrected chi connectivity index (χ3v) is 2.24. The van der Waals surface area contributed by atoms with Crippen LogP contribution in [-0.2, 0) is 0 Å². The van der Waals surface area contributed by atoms with Crippen molar-refractivity contribution < 1.29 is 18.3 Å². The Balaban J connectivity index is 2.61. The topological polar surface area (TPSA) is 35.5 Å². The van der Waals surface area contributed by atoms with Gasteiger partial charge < -0.3 is 15.3 Å². The summed E-state index contributed by atoms with van der Waals surface area (Å²) in [5.74, 6) is 0. The highest BCUT2D eigenvalue weighted by molar-refractivity contribution is 5.57. The molecular weight excluding hydrogens is 233 g/mol. The van der Waals surface area contributed by atoms with E-state index in [1.165, 1.54) is 0 Å². The summed E-state index contributed by atoms with van der Waals surface area (Å²) in [4.78, 5) is 1.84. The fourth-order valence-electron chi connectivity index (χ4n) is 1.22. The molecule has 0 aliphatic heterocycles. The molecule has 0 heterocycles. The van der Waals surface area contributed by atoms with E-state index in [2.05, 4.69) is 5.32 Å². The summed E-state index contributed by atoms with van der Waals surface area (Å²) < 4.78 is 36.2. The van der Waals surface area contributed by atoms with Crippen LogP contribution in [0.2, 0.25) is 0 Å². The molecule has 0 aliphatic rings. The lowest BCUT2D eigenvalue weighted by atomic mass is 10.2. The molecule has 1 atom stereocenters. The number of rotatable bonds is 4. The Kier molecular flexibility index (Phi) is 4.22. The van der Waals surface area contributed by atoms with Crippen LogP contribution in [-0.4, -0.2) is 38.0 Å². The summed E-state index contributed by atoms with van der Waals surface area (Å²) in [6.45, 7) is -0.555. The Labute approximate surface area is 97.9 Å². The fourth-order valence-corrected chi connectivity index (χ4v) is 1.22. The van der Waals surface area contributed by atoms with Crippen molar-refractivity contribution in [2.75, 3.05) is 30.9 Å². The minimum absolute atomic E-state index is 0.541. The summed E-state index contributed by atoms with van der Waals surface area (Å²) in [6, 6.07) is 6.93. The van der Waals surface area contributed by atoms with Gasteiger partial charge in [0.05, 0.1) is 0 Å². The standard InChI is InChI=1S/C11H15F3N2O/c1-16(2)9-5-3-4-8(6-9)15-7-10(17)11(12,13)14/h3-6,10,15,17H,7H2,1-2H3. The van der Waals surface area contributed by atoms with Gasteiger partial charge in [-0.25, -0.2) is 0 Å². The Morgan fingerprint density at radius 2 is 2.00 bits per heavy atom. The van der Waals surface area contributed by atoms with Crippen LogP contribution in [0.5, 0.6) is 0 Å². The maximum Gasteiger partial charge on any atom is 0.416 e. The van der Waals surface area contributed by atoms with Crippen LogP contribution in [0.25, 0.3) is 0 Å². The second-order valence-corrected chi connectivity index (χ2v) is 3.88. The number of hydrogen-bond acceptors (Lipinski definition) is 3. The van der Waals surface area contributed by atoms with Crippen molar-refractivity contribution >= 4 is 11.4 Å². The van der Waals surface area contributed by atoms with Crippen LogP contribution in [0.15, 0.2) is 24.3 Å². The lowest BCUT2D eigenvalue weighted by Crippen LogP contribution is -2.35. The van der Waals surface area contributed by atoms with Crippen molar-refractivity contribution in [3.63, 3.8) is 0 Å². The Bertz CT molecular complexity index is 366. The van der Waals surface area contributed by atoms with Gasteiger partial charge in [-0.05, 0) is 18.2 Å². The number of alkyl halides is 3.